The molecule has 0 aliphatic carbocycles. The van der Waals surface area contributed by atoms with Crippen molar-refractivity contribution in [2.24, 2.45) is 0 Å². The number of nitrogens with zero attached hydrogens (tertiary/aromatic N) is 1. The predicted molar refractivity (Wildman–Crippen MR) is 60.1 cm³/mol. The molecule has 0 bridgehead atoms. The Morgan fingerprint density at radius 1 is 1.43 bits per heavy atom. The van der Waals surface area contributed by atoms with Gasteiger partial charge in [0.25, 0.3) is 0 Å². The fraction of sp³-hybridized carbons (Fsp3) is 1.00. The van der Waals surface area contributed by atoms with Crippen LogP contribution in [0.1, 0.15) is 19.3 Å². The van der Waals surface area contributed by atoms with Crippen molar-refractivity contribution in [2.45, 2.75) is 31.4 Å². The third-order valence-electron chi connectivity index (χ3n) is 3.20. The van der Waals surface area contributed by atoms with Crippen LogP contribution in [0, 0.1) is 0 Å². The molecule has 1 N–H and O–H groups in total. The van der Waals surface area contributed by atoms with Crippen molar-refractivity contribution in [3.8, 4) is 0 Å². The van der Waals surface area contributed by atoms with Gasteiger partial charge in [-0.2, -0.15) is 0 Å². The molecule has 2 heterocycles. The molecular formula is C10H21ClN2O. The second-order valence-electron chi connectivity index (χ2n) is 4.20. The van der Waals surface area contributed by atoms with E-state index in [2.05, 4.69) is 10.2 Å². The van der Waals surface area contributed by atoms with Gasteiger partial charge in [-0.3, -0.25) is 4.90 Å². The molecular weight excluding hydrogens is 200 g/mol. The van der Waals surface area contributed by atoms with Gasteiger partial charge in [-0.15, -0.1) is 12.4 Å². The third-order valence-corrected chi connectivity index (χ3v) is 3.20. The van der Waals surface area contributed by atoms with E-state index in [1.54, 1.807) is 0 Å². The van der Waals surface area contributed by atoms with Crippen LogP contribution in [0.25, 0.3) is 0 Å². The summed E-state index contributed by atoms with van der Waals surface area (Å²) in [5, 5.41) is 3.53. The summed E-state index contributed by atoms with van der Waals surface area (Å²) in [6, 6.07) is 0.746. The predicted octanol–water partition coefficient (Wildman–Crippen LogP) is 0.881. The first-order valence-corrected chi connectivity index (χ1v) is 5.37. The molecule has 2 aliphatic rings. The summed E-state index contributed by atoms with van der Waals surface area (Å²) in [5.74, 6) is 0. The normalized spacial score (nSPS) is 33.2. The highest BCUT2D eigenvalue weighted by molar-refractivity contribution is 5.85. The standard InChI is InChI=1S/C10H20N2O.ClH/c1-13-10-4-6-12(8-10)7-9-3-2-5-11-9;/h9-11H,2-8H2,1H3;1H/t9-,10+;/m0./s1. The topological polar surface area (TPSA) is 24.5 Å². The van der Waals surface area contributed by atoms with Gasteiger partial charge in [0.15, 0.2) is 0 Å². The minimum Gasteiger partial charge on any atom is -0.380 e. The van der Waals surface area contributed by atoms with Crippen LogP contribution in [0.3, 0.4) is 0 Å². The van der Waals surface area contributed by atoms with E-state index in [1.165, 1.54) is 38.9 Å². The monoisotopic (exact) mass is 220 g/mol. The van der Waals surface area contributed by atoms with Crippen LogP contribution in [0.2, 0.25) is 0 Å². The lowest BCUT2D eigenvalue weighted by atomic mass is 10.2. The molecule has 0 amide bonds. The zero-order chi connectivity index (χ0) is 9.10. The van der Waals surface area contributed by atoms with Gasteiger partial charge in [0.05, 0.1) is 6.10 Å². The summed E-state index contributed by atoms with van der Waals surface area (Å²) in [7, 11) is 1.82. The molecule has 0 unspecified atom stereocenters. The minimum atomic E-state index is 0. The number of ether oxygens (including phenoxy) is 1. The molecule has 0 aromatic heterocycles. The summed E-state index contributed by atoms with van der Waals surface area (Å²) < 4.78 is 5.34. The molecule has 0 aromatic rings. The summed E-state index contributed by atoms with van der Waals surface area (Å²) in [5.41, 5.74) is 0. The molecule has 3 nitrogen and oxygen atoms in total. The zero-order valence-electron chi connectivity index (χ0n) is 8.87. The molecule has 2 rings (SSSR count). The van der Waals surface area contributed by atoms with Crippen molar-refractivity contribution in [3.05, 3.63) is 0 Å². The Hall–Kier alpha value is 0.170. The average molecular weight is 221 g/mol. The maximum atomic E-state index is 5.34. The van der Waals surface area contributed by atoms with E-state index < -0.39 is 0 Å². The largest absolute Gasteiger partial charge is 0.380 e. The van der Waals surface area contributed by atoms with Gasteiger partial charge in [-0.05, 0) is 25.8 Å². The first kappa shape index (κ1) is 12.2. The molecule has 0 aromatic carbocycles. The number of likely N-dealkylation sites (tertiary alicyclic amines) is 1. The number of hydrogen-bond donors (Lipinski definition) is 1. The zero-order valence-corrected chi connectivity index (χ0v) is 9.68. The number of rotatable bonds is 3. The quantitative estimate of drug-likeness (QED) is 0.765. The minimum absolute atomic E-state index is 0. The average Bonchev–Trinajstić information content (AvgIpc) is 2.76. The van der Waals surface area contributed by atoms with Gasteiger partial charge in [0.2, 0.25) is 0 Å². The van der Waals surface area contributed by atoms with Gasteiger partial charge >= 0.3 is 0 Å². The molecule has 0 spiro atoms. The molecule has 2 saturated heterocycles. The van der Waals surface area contributed by atoms with E-state index in [0.29, 0.717) is 6.10 Å². The van der Waals surface area contributed by atoms with Gasteiger partial charge in [-0.1, -0.05) is 0 Å². The van der Waals surface area contributed by atoms with E-state index in [4.69, 9.17) is 4.74 Å². The van der Waals surface area contributed by atoms with Crippen molar-refractivity contribution >= 4 is 12.4 Å². The highest BCUT2D eigenvalue weighted by Crippen LogP contribution is 2.14. The third kappa shape index (κ3) is 3.09. The first-order chi connectivity index (χ1) is 6.38. The van der Waals surface area contributed by atoms with E-state index >= 15 is 0 Å². The van der Waals surface area contributed by atoms with E-state index in [1.807, 2.05) is 7.11 Å². The van der Waals surface area contributed by atoms with Crippen LogP contribution in [-0.2, 0) is 4.74 Å². The number of halogens is 1. The second kappa shape index (κ2) is 5.91. The summed E-state index contributed by atoms with van der Waals surface area (Å²) in [4.78, 5) is 2.52. The van der Waals surface area contributed by atoms with Crippen LogP contribution in [0.4, 0.5) is 0 Å². The number of nitrogens with one attached hydrogen (secondary N) is 1. The fourth-order valence-electron chi connectivity index (χ4n) is 2.38. The van der Waals surface area contributed by atoms with Crippen LogP contribution < -0.4 is 5.32 Å². The molecule has 14 heavy (non-hydrogen) atoms. The lowest BCUT2D eigenvalue weighted by molar-refractivity contribution is 0.107. The summed E-state index contributed by atoms with van der Waals surface area (Å²) in [6.45, 7) is 4.79. The van der Waals surface area contributed by atoms with Crippen LogP contribution in [-0.4, -0.2) is 50.3 Å². The van der Waals surface area contributed by atoms with Crippen molar-refractivity contribution in [3.63, 3.8) is 0 Å². The van der Waals surface area contributed by atoms with Crippen molar-refractivity contribution in [1.82, 2.24) is 10.2 Å². The van der Waals surface area contributed by atoms with E-state index in [0.717, 1.165) is 12.6 Å². The SMILES string of the molecule is CO[C@@H]1CCN(C[C@@H]2CCCN2)C1.Cl. The summed E-state index contributed by atoms with van der Waals surface area (Å²) >= 11 is 0. The molecule has 2 atom stereocenters. The van der Waals surface area contributed by atoms with Crippen molar-refractivity contribution in [1.29, 1.82) is 0 Å². The maximum Gasteiger partial charge on any atom is 0.0710 e. The molecule has 2 fully saturated rings. The Balaban J connectivity index is 0.000000980. The molecule has 4 heteroatoms. The Morgan fingerprint density at radius 3 is 2.86 bits per heavy atom. The first-order valence-electron chi connectivity index (χ1n) is 5.37. The lowest BCUT2D eigenvalue weighted by Gasteiger charge is -2.20. The summed E-state index contributed by atoms with van der Waals surface area (Å²) in [6.07, 6.45) is 4.41. The Morgan fingerprint density at radius 2 is 2.29 bits per heavy atom. The van der Waals surface area contributed by atoms with Gasteiger partial charge in [0, 0.05) is 32.8 Å². The lowest BCUT2D eigenvalue weighted by Crippen LogP contribution is -2.36. The second-order valence-corrected chi connectivity index (χ2v) is 4.20. The number of methoxy groups -OCH3 is 1. The smallest absolute Gasteiger partial charge is 0.0710 e. The van der Waals surface area contributed by atoms with E-state index in [-0.39, 0.29) is 12.4 Å². The van der Waals surface area contributed by atoms with Crippen molar-refractivity contribution in [2.75, 3.05) is 33.3 Å². The van der Waals surface area contributed by atoms with Crippen LogP contribution >= 0.6 is 12.4 Å². The molecule has 2 aliphatic heterocycles. The Kier molecular flexibility index (Phi) is 5.17. The fourth-order valence-corrected chi connectivity index (χ4v) is 2.38. The van der Waals surface area contributed by atoms with Gasteiger partial charge in [-0.25, -0.2) is 0 Å². The maximum absolute atomic E-state index is 5.34. The van der Waals surface area contributed by atoms with Gasteiger partial charge < -0.3 is 10.1 Å². The molecule has 84 valence electrons. The van der Waals surface area contributed by atoms with Gasteiger partial charge in [0.1, 0.15) is 0 Å². The van der Waals surface area contributed by atoms with Crippen LogP contribution in [0.15, 0.2) is 0 Å². The Labute approximate surface area is 92.6 Å². The Bertz CT molecular complexity index is 162. The van der Waals surface area contributed by atoms with E-state index in [9.17, 15) is 0 Å². The van der Waals surface area contributed by atoms with Crippen LogP contribution in [0.5, 0.6) is 0 Å². The molecule has 0 saturated carbocycles. The molecule has 0 radical (unpaired) electrons. The number of hydrogen-bond acceptors (Lipinski definition) is 3. The highest BCUT2D eigenvalue weighted by atomic mass is 35.5. The van der Waals surface area contributed by atoms with Crippen molar-refractivity contribution < 1.29 is 4.74 Å². The highest BCUT2D eigenvalue weighted by Gasteiger charge is 2.25.